The largest absolute Gasteiger partial charge is 0.480 e. The first-order valence-corrected chi connectivity index (χ1v) is 3.84. The summed E-state index contributed by atoms with van der Waals surface area (Å²) in [6.07, 6.45) is 0. The molecule has 0 spiro atoms. The zero-order valence-electron chi connectivity index (χ0n) is 7.66. The van der Waals surface area contributed by atoms with Crippen LogP contribution in [0.3, 0.4) is 0 Å². The quantitative estimate of drug-likeness (QED) is 0.276. The molecule has 0 aliphatic heterocycles. The number of likely N-dealkylation sites (N-methyl/N-ethyl adjacent to an activating group) is 1. The lowest BCUT2D eigenvalue weighted by Gasteiger charge is -2.09. The fourth-order valence-corrected chi connectivity index (χ4v) is 0.523. The minimum atomic E-state index is -0.988. The maximum atomic E-state index is 10.9. The van der Waals surface area contributed by atoms with E-state index >= 15 is 0 Å². The molecule has 0 aromatic heterocycles. The predicted molar refractivity (Wildman–Crippen MR) is 45.1 cm³/mol. The molecule has 6 heteroatoms. The molecular weight excluding hydrogens is 176 g/mol. The zero-order valence-corrected chi connectivity index (χ0v) is 7.66. The molecule has 0 saturated carbocycles. The Balaban J connectivity index is 3.42. The van der Waals surface area contributed by atoms with E-state index < -0.39 is 11.9 Å². The maximum absolute atomic E-state index is 10.9. The Labute approximate surface area is 76.3 Å². The summed E-state index contributed by atoms with van der Waals surface area (Å²) in [7, 11) is 1.64. The number of carbonyl (C=O) groups excluding carboxylic acids is 1. The van der Waals surface area contributed by atoms with Crippen molar-refractivity contribution >= 4 is 11.9 Å². The fourth-order valence-electron chi connectivity index (χ4n) is 0.523. The average molecular weight is 190 g/mol. The lowest BCUT2D eigenvalue weighted by molar-refractivity contribution is -0.147. The zero-order chi connectivity index (χ0) is 10.3. The van der Waals surface area contributed by atoms with Gasteiger partial charge in [-0.3, -0.25) is 14.9 Å². The van der Waals surface area contributed by atoms with Crippen LogP contribution in [0.1, 0.15) is 6.92 Å². The highest BCUT2D eigenvalue weighted by Gasteiger charge is 2.10. The summed E-state index contributed by atoms with van der Waals surface area (Å²) in [4.78, 5) is 21.0. The highest BCUT2D eigenvalue weighted by Crippen LogP contribution is 1.84. The van der Waals surface area contributed by atoms with Crippen LogP contribution in [0.2, 0.25) is 0 Å². The molecule has 0 fully saturated rings. The summed E-state index contributed by atoms with van der Waals surface area (Å²) in [5.41, 5.74) is 0. The predicted octanol–water partition coefficient (Wildman–Crippen LogP) is -1.23. The number of aliphatic carboxylic acids is 1. The second-order valence-electron chi connectivity index (χ2n) is 2.44. The molecule has 0 aromatic carbocycles. The van der Waals surface area contributed by atoms with Crippen molar-refractivity contribution in [3.8, 4) is 0 Å². The lowest BCUT2D eigenvalue weighted by Crippen LogP contribution is -2.35. The van der Waals surface area contributed by atoms with E-state index in [2.05, 4.69) is 15.4 Å². The molecule has 0 aromatic rings. The van der Waals surface area contributed by atoms with Crippen LogP contribution in [0, 0.1) is 0 Å². The van der Waals surface area contributed by atoms with E-state index in [0.717, 1.165) is 0 Å². The summed E-state index contributed by atoms with van der Waals surface area (Å²) < 4.78 is 4.67. The number of hydrogen-bond donors (Lipinski definition) is 3. The van der Waals surface area contributed by atoms with Gasteiger partial charge in [-0.25, -0.2) is 0 Å². The number of carboxylic acids is 1. The third-order valence-electron chi connectivity index (χ3n) is 1.38. The van der Waals surface area contributed by atoms with Gasteiger partial charge in [-0.1, -0.05) is 0 Å². The third kappa shape index (κ3) is 6.06. The van der Waals surface area contributed by atoms with Crippen molar-refractivity contribution in [2.45, 2.75) is 13.0 Å². The van der Waals surface area contributed by atoms with E-state index in [4.69, 9.17) is 5.11 Å². The van der Waals surface area contributed by atoms with Crippen LogP contribution < -0.4 is 10.6 Å². The summed E-state index contributed by atoms with van der Waals surface area (Å²) in [5.74, 6) is -1.40. The summed E-state index contributed by atoms with van der Waals surface area (Å²) in [6, 6.07) is -0.383. The van der Waals surface area contributed by atoms with Gasteiger partial charge >= 0.3 is 11.9 Å². The third-order valence-corrected chi connectivity index (χ3v) is 1.38. The Bertz CT molecular complexity index is 183. The number of rotatable bonds is 6. The molecule has 0 amide bonds. The first-order valence-electron chi connectivity index (χ1n) is 3.84. The molecule has 0 bridgehead atoms. The number of esters is 1. The van der Waals surface area contributed by atoms with Crippen molar-refractivity contribution in [1.29, 1.82) is 0 Å². The molecule has 0 unspecified atom stereocenters. The SMILES string of the molecule is CN[C@@H](C)C(=O)OCNCC(=O)O. The Kier molecular flexibility index (Phi) is 5.82. The van der Waals surface area contributed by atoms with Crippen molar-refractivity contribution < 1.29 is 19.4 Å². The first-order chi connectivity index (χ1) is 6.07. The van der Waals surface area contributed by atoms with Crippen molar-refractivity contribution in [3.05, 3.63) is 0 Å². The first kappa shape index (κ1) is 11.9. The van der Waals surface area contributed by atoms with E-state index in [1.54, 1.807) is 14.0 Å². The van der Waals surface area contributed by atoms with Gasteiger partial charge in [0.05, 0.1) is 6.54 Å². The molecule has 0 rings (SSSR count). The van der Waals surface area contributed by atoms with Crippen molar-refractivity contribution in [2.75, 3.05) is 20.3 Å². The summed E-state index contributed by atoms with van der Waals surface area (Å²) >= 11 is 0. The molecule has 0 heterocycles. The molecule has 1 atom stereocenters. The van der Waals surface area contributed by atoms with Gasteiger partial charge < -0.3 is 15.2 Å². The molecule has 3 N–H and O–H groups in total. The van der Waals surface area contributed by atoms with Crippen molar-refractivity contribution in [3.63, 3.8) is 0 Å². The Morgan fingerprint density at radius 2 is 2.15 bits per heavy atom. The Morgan fingerprint density at radius 1 is 1.54 bits per heavy atom. The molecule has 76 valence electrons. The van der Waals surface area contributed by atoms with Gasteiger partial charge in [0.25, 0.3) is 0 Å². The number of carboxylic acid groups (broad SMARTS) is 1. The fraction of sp³-hybridized carbons (Fsp3) is 0.714. The standard InChI is InChI=1S/C7H14N2O4/c1-5(8-2)7(12)13-4-9-3-6(10)11/h5,8-9H,3-4H2,1-2H3,(H,10,11)/t5-/m0/s1. The minimum Gasteiger partial charge on any atom is -0.480 e. The van der Waals surface area contributed by atoms with Crippen molar-refractivity contribution in [1.82, 2.24) is 10.6 Å². The van der Waals surface area contributed by atoms with E-state index in [-0.39, 0.29) is 19.3 Å². The topological polar surface area (TPSA) is 87.7 Å². The van der Waals surface area contributed by atoms with Crippen LogP contribution in [-0.2, 0) is 14.3 Å². The van der Waals surface area contributed by atoms with E-state index in [1.807, 2.05) is 0 Å². The normalized spacial score (nSPS) is 12.2. The van der Waals surface area contributed by atoms with Crippen LogP contribution >= 0.6 is 0 Å². The van der Waals surface area contributed by atoms with E-state index in [9.17, 15) is 9.59 Å². The van der Waals surface area contributed by atoms with Gasteiger partial charge in [-0.2, -0.15) is 0 Å². The van der Waals surface area contributed by atoms with E-state index in [1.165, 1.54) is 0 Å². The lowest BCUT2D eigenvalue weighted by atomic mass is 10.4. The van der Waals surface area contributed by atoms with Crippen LogP contribution in [0.15, 0.2) is 0 Å². The van der Waals surface area contributed by atoms with Gasteiger partial charge in [0.15, 0.2) is 0 Å². The highest BCUT2D eigenvalue weighted by atomic mass is 16.5. The van der Waals surface area contributed by atoms with Crippen LogP contribution in [-0.4, -0.2) is 43.4 Å². The minimum absolute atomic E-state index is 0.0862. The van der Waals surface area contributed by atoms with Gasteiger partial charge in [-0.05, 0) is 14.0 Å². The number of carbonyl (C=O) groups is 2. The molecule has 6 nitrogen and oxygen atoms in total. The molecule has 0 aliphatic carbocycles. The Hall–Kier alpha value is -1.14. The average Bonchev–Trinajstić information content (AvgIpc) is 2.10. The smallest absolute Gasteiger partial charge is 0.324 e. The molecular formula is C7H14N2O4. The van der Waals surface area contributed by atoms with Crippen molar-refractivity contribution in [2.24, 2.45) is 0 Å². The van der Waals surface area contributed by atoms with Crippen LogP contribution in [0.5, 0.6) is 0 Å². The van der Waals surface area contributed by atoms with E-state index in [0.29, 0.717) is 0 Å². The molecule has 13 heavy (non-hydrogen) atoms. The Morgan fingerprint density at radius 3 is 2.62 bits per heavy atom. The highest BCUT2D eigenvalue weighted by molar-refractivity contribution is 5.75. The van der Waals surface area contributed by atoms with Gasteiger partial charge in [0, 0.05) is 0 Å². The number of ether oxygens (including phenoxy) is 1. The monoisotopic (exact) mass is 190 g/mol. The number of hydrogen-bond acceptors (Lipinski definition) is 5. The summed E-state index contributed by atoms with van der Waals surface area (Å²) in [6.45, 7) is 1.35. The molecule has 0 radical (unpaired) electrons. The van der Waals surface area contributed by atoms with Gasteiger partial charge in [-0.15, -0.1) is 0 Å². The maximum Gasteiger partial charge on any atom is 0.324 e. The summed E-state index contributed by atoms with van der Waals surface area (Å²) in [5, 5.41) is 13.3. The number of nitrogens with one attached hydrogen (secondary N) is 2. The molecule has 0 saturated heterocycles. The van der Waals surface area contributed by atoms with Gasteiger partial charge in [0.1, 0.15) is 12.8 Å². The van der Waals surface area contributed by atoms with Crippen LogP contribution in [0.4, 0.5) is 0 Å². The second kappa shape index (κ2) is 6.38. The van der Waals surface area contributed by atoms with Gasteiger partial charge in [0.2, 0.25) is 0 Å². The second-order valence-corrected chi connectivity index (χ2v) is 2.44. The van der Waals surface area contributed by atoms with Crippen LogP contribution in [0.25, 0.3) is 0 Å². The molecule has 0 aliphatic rings.